The molecule has 27 heavy (non-hydrogen) atoms. The Labute approximate surface area is 191 Å². The van der Waals surface area contributed by atoms with Crippen LogP contribution in [-0.2, 0) is 10.8 Å². The number of hydrogen-bond acceptors (Lipinski definition) is 3. The van der Waals surface area contributed by atoms with Crippen molar-refractivity contribution in [2.45, 2.75) is 50.8 Å². The molecule has 3 atom stereocenters. The summed E-state index contributed by atoms with van der Waals surface area (Å²) in [4.78, 5) is 4.61. The van der Waals surface area contributed by atoms with E-state index in [1.54, 1.807) is 0 Å². The summed E-state index contributed by atoms with van der Waals surface area (Å²) < 4.78 is 18.9. The zero-order chi connectivity index (χ0) is 18.8. The molecule has 0 radical (unpaired) electrons. The average Bonchev–Trinajstić information content (AvgIpc) is 2.66. The third kappa shape index (κ3) is 9.13. The van der Waals surface area contributed by atoms with Gasteiger partial charge in [0, 0.05) is 38.9 Å². The first kappa shape index (κ1) is 24.7. The summed E-state index contributed by atoms with van der Waals surface area (Å²) in [6.07, 6.45) is 4.27. The minimum Gasteiger partial charge on any atom is -0.492 e. The van der Waals surface area contributed by atoms with Crippen molar-refractivity contribution < 1.29 is 8.95 Å². The molecule has 1 fully saturated rings. The first-order valence-corrected chi connectivity index (χ1v) is 11.6. The van der Waals surface area contributed by atoms with E-state index in [0.29, 0.717) is 24.4 Å². The number of aliphatic imine (C=N–C) groups is 1. The number of benzene rings is 1. The van der Waals surface area contributed by atoms with Crippen molar-refractivity contribution in [3.8, 4) is 5.75 Å². The van der Waals surface area contributed by atoms with Crippen molar-refractivity contribution >= 4 is 56.7 Å². The molecular weight excluding hydrogens is 541 g/mol. The molecule has 1 aromatic rings. The molecule has 2 rings (SSSR count). The highest BCUT2D eigenvalue weighted by Gasteiger charge is 2.25. The summed E-state index contributed by atoms with van der Waals surface area (Å²) in [5.41, 5.74) is 0. The minimum absolute atomic E-state index is 0. The molecule has 1 aliphatic carbocycles. The van der Waals surface area contributed by atoms with Crippen LogP contribution in [0.1, 0.15) is 39.5 Å². The van der Waals surface area contributed by atoms with Crippen LogP contribution in [0.25, 0.3) is 0 Å². The molecule has 8 heteroatoms. The van der Waals surface area contributed by atoms with Crippen molar-refractivity contribution in [1.82, 2.24) is 10.6 Å². The number of halogens is 2. The van der Waals surface area contributed by atoms with Gasteiger partial charge in [0.1, 0.15) is 12.4 Å². The highest BCUT2D eigenvalue weighted by molar-refractivity contribution is 14.0. The molecule has 1 aliphatic rings. The van der Waals surface area contributed by atoms with Crippen LogP contribution in [0.5, 0.6) is 5.75 Å². The van der Waals surface area contributed by atoms with E-state index in [0.717, 1.165) is 54.2 Å². The monoisotopic (exact) mass is 571 g/mol. The first-order chi connectivity index (χ1) is 12.6. The summed E-state index contributed by atoms with van der Waals surface area (Å²) in [7, 11) is -0.706. The molecule has 154 valence electrons. The lowest BCUT2D eigenvalue weighted by Gasteiger charge is -2.30. The van der Waals surface area contributed by atoms with Gasteiger partial charge in [-0.15, -0.1) is 24.0 Å². The van der Waals surface area contributed by atoms with Crippen LogP contribution in [0.15, 0.2) is 33.7 Å². The van der Waals surface area contributed by atoms with Gasteiger partial charge in [0.15, 0.2) is 5.96 Å². The zero-order valence-corrected chi connectivity index (χ0v) is 20.8. The van der Waals surface area contributed by atoms with Crippen molar-refractivity contribution in [3.63, 3.8) is 0 Å². The van der Waals surface area contributed by atoms with E-state index >= 15 is 0 Å². The Kier molecular flexibility index (Phi) is 12.6. The van der Waals surface area contributed by atoms with Crippen LogP contribution in [-0.4, -0.2) is 46.9 Å². The highest BCUT2D eigenvalue weighted by atomic mass is 127. The molecule has 0 heterocycles. The second kappa shape index (κ2) is 13.8. The lowest BCUT2D eigenvalue weighted by Crippen LogP contribution is -2.46. The molecule has 2 N–H and O–H groups in total. The summed E-state index contributed by atoms with van der Waals surface area (Å²) in [5.74, 6) is 2.41. The fraction of sp³-hybridized carbons (Fsp3) is 0.632. The average molecular weight is 572 g/mol. The third-order valence-electron chi connectivity index (χ3n) is 4.41. The second-order valence-corrected chi connectivity index (χ2v) is 9.28. The molecule has 0 amide bonds. The van der Waals surface area contributed by atoms with Gasteiger partial charge >= 0.3 is 0 Å². The molecule has 5 nitrogen and oxygen atoms in total. The van der Waals surface area contributed by atoms with E-state index in [4.69, 9.17) is 4.74 Å². The number of ether oxygens (including phenoxy) is 1. The maximum absolute atomic E-state index is 12.1. The molecular formula is C19H31BrIN3O2S. The quantitative estimate of drug-likeness (QED) is 0.214. The fourth-order valence-electron chi connectivity index (χ4n) is 3.12. The Morgan fingerprint density at radius 3 is 2.70 bits per heavy atom. The predicted octanol–water partition coefficient (Wildman–Crippen LogP) is 4.08. The molecule has 0 aliphatic heterocycles. The van der Waals surface area contributed by atoms with Crippen LogP contribution >= 0.6 is 39.9 Å². The normalized spacial score (nSPS) is 21.1. The van der Waals surface area contributed by atoms with Gasteiger partial charge in [-0.1, -0.05) is 29.3 Å². The van der Waals surface area contributed by atoms with E-state index < -0.39 is 10.8 Å². The van der Waals surface area contributed by atoms with Gasteiger partial charge in [-0.2, -0.15) is 0 Å². The SMILES string of the molecule is CCNC(=NCCOc1ccc(Br)cc1)NC1CCCC(S(=O)CC)C1.I. The fourth-order valence-corrected chi connectivity index (χ4v) is 4.73. The Balaban J connectivity index is 0.00000364. The first-order valence-electron chi connectivity index (χ1n) is 9.42. The largest absolute Gasteiger partial charge is 0.492 e. The molecule has 3 unspecified atom stereocenters. The molecule has 0 saturated heterocycles. The van der Waals surface area contributed by atoms with Gasteiger partial charge in [-0.05, 0) is 50.5 Å². The van der Waals surface area contributed by atoms with Crippen LogP contribution in [0.3, 0.4) is 0 Å². The maximum Gasteiger partial charge on any atom is 0.191 e. The minimum atomic E-state index is -0.706. The van der Waals surface area contributed by atoms with Crippen molar-refractivity contribution in [1.29, 1.82) is 0 Å². The molecule has 0 spiro atoms. The summed E-state index contributed by atoms with van der Waals surface area (Å²) in [5, 5.41) is 7.12. The topological polar surface area (TPSA) is 62.7 Å². The van der Waals surface area contributed by atoms with Crippen LogP contribution < -0.4 is 15.4 Å². The standard InChI is InChI=1S/C19H30BrN3O2S.HI/c1-3-21-19(22-12-13-25-17-10-8-15(20)9-11-17)23-16-6-5-7-18(14-16)26(24)4-2;/h8-11,16,18H,3-7,12-14H2,1-2H3,(H2,21,22,23);1H. The van der Waals surface area contributed by atoms with E-state index in [9.17, 15) is 4.21 Å². The second-order valence-electron chi connectivity index (χ2n) is 6.36. The number of rotatable bonds is 8. The van der Waals surface area contributed by atoms with Gasteiger partial charge in [-0.3, -0.25) is 4.21 Å². The number of nitrogens with zero attached hydrogens (tertiary/aromatic N) is 1. The summed E-state index contributed by atoms with van der Waals surface area (Å²) in [6.45, 7) is 6.00. The number of nitrogens with one attached hydrogen (secondary N) is 2. The Bertz CT molecular complexity index is 601. The van der Waals surface area contributed by atoms with Crippen molar-refractivity contribution in [2.75, 3.05) is 25.4 Å². The van der Waals surface area contributed by atoms with Crippen molar-refractivity contribution in [2.24, 2.45) is 4.99 Å². The Morgan fingerprint density at radius 2 is 2.04 bits per heavy atom. The van der Waals surface area contributed by atoms with Crippen LogP contribution in [0.4, 0.5) is 0 Å². The lowest BCUT2D eigenvalue weighted by atomic mass is 9.95. The van der Waals surface area contributed by atoms with Crippen LogP contribution in [0.2, 0.25) is 0 Å². The van der Waals surface area contributed by atoms with E-state index in [-0.39, 0.29) is 24.0 Å². The van der Waals surface area contributed by atoms with Gasteiger partial charge < -0.3 is 15.4 Å². The van der Waals surface area contributed by atoms with Crippen LogP contribution in [0, 0.1) is 0 Å². The molecule has 1 saturated carbocycles. The molecule has 0 bridgehead atoms. The van der Waals surface area contributed by atoms with Crippen molar-refractivity contribution in [3.05, 3.63) is 28.7 Å². The van der Waals surface area contributed by atoms with Gasteiger partial charge in [0.25, 0.3) is 0 Å². The maximum atomic E-state index is 12.1. The van der Waals surface area contributed by atoms with E-state index in [2.05, 4.69) is 38.5 Å². The van der Waals surface area contributed by atoms with Gasteiger partial charge in [0.2, 0.25) is 0 Å². The summed E-state index contributed by atoms with van der Waals surface area (Å²) in [6, 6.07) is 8.14. The zero-order valence-electron chi connectivity index (χ0n) is 16.1. The highest BCUT2D eigenvalue weighted by Crippen LogP contribution is 2.23. The predicted molar refractivity (Wildman–Crippen MR) is 129 cm³/mol. The molecule has 1 aromatic carbocycles. The third-order valence-corrected chi connectivity index (χ3v) is 6.68. The lowest BCUT2D eigenvalue weighted by molar-refractivity contribution is 0.328. The smallest absolute Gasteiger partial charge is 0.191 e. The van der Waals surface area contributed by atoms with Gasteiger partial charge in [0.05, 0.1) is 6.54 Å². The van der Waals surface area contributed by atoms with Gasteiger partial charge in [-0.25, -0.2) is 4.99 Å². The molecule has 0 aromatic heterocycles. The Morgan fingerprint density at radius 1 is 1.30 bits per heavy atom. The summed E-state index contributed by atoms with van der Waals surface area (Å²) >= 11 is 3.42. The Hall–Kier alpha value is -0.350. The number of hydrogen-bond donors (Lipinski definition) is 2. The van der Waals surface area contributed by atoms with E-state index in [1.807, 2.05) is 31.2 Å². The number of guanidine groups is 1. The van der Waals surface area contributed by atoms with E-state index in [1.165, 1.54) is 0 Å².